The van der Waals surface area contributed by atoms with Gasteiger partial charge in [0.05, 0.1) is 0 Å². The van der Waals surface area contributed by atoms with E-state index in [1.807, 2.05) is 0 Å². The molecule has 0 aliphatic carbocycles. The highest BCUT2D eigenvalue weighted by Crippen LogP contribution is 2.16. The highest BCUT2D eigenvalue weighted by molar-refractivity contribution is 5.71. The first-order valence-corrected chi connectivity index (χ1v) is 33.0. The third-order valence-corrected chi connectivity index (χ3v) is 14.0. The number of esters is 3. The second-order valence-electron chi connectivity index (χ2n) is 21.6. The van der Waals surface area contributed by atoms with E-state index in [0.29, 0.717) is 19.3 Å². The zero-order chi connectivity index (χ0) is 57.1. The molecule has 0 saturated carbocycles. The van der Waals surface area contributed by atoms with Gasteiger partial charge in [0.1, 0.15) is 13.2 Å². The molecule has 0 N–H and O–H groups in total. The van der Waals surface area contributed by atoms with E-state index in [4.69, 9.17) is 14.2 Å². The molecule has 0 saturated heterocycles. The molecule has 79 heavy (non-hydrogen) atoms. The minimum Gasteiger partial charge on any atom is -0.462 e. The highest BCUT2D eigenvalue weighted by atomic mass is 16.6. The summed E-state index contributed by atoms with van der Waals surface area (Å²) in [4.78, 5) is 38.2. The Balaban J connectivity index is 4.28. The maximum absolute atomic E-state index is 12.9. The Labute approximate surface area is 488 Å². The van der Waals surface area contributed by atoms with E-state index < -0.39 is 6.10 Å². The van der Waals surface area contributed by atoms with Crippen LogP contribution >= 0.6 is 0 Å². The van der Waals surface area contributed by atoms with Gasteiger partial charge in [0.15, 0.2) is 6.10 Å². The van der Waals surface area contributed by atoms with Crippen LogP contribution in [0.2, 0.25) is 0 Å². The van der Waals surface area contributed by atoms with Gasteiger partial charge in [-0.1, -0.05) is 296 Å². The smallest absolute Gasteiger partial charge is 0.306 e. The summed E-state index contributed by atoms with van der Waals surface area (Å²) in [5, 5.41) is 0. The van der Waals surface area contributed by atoms with E-state index in [1.54, 1.807) is 0 Å². The van der Waals surface area contributed by atoms with Crippen LogP contribution < -0.4 is 0 Å². The lowest BCUT2D eigenvalue weighted by molar-refractivity contribution is -0.167. The van der Waals surface area contributed by atoms with Crippen molar-refractivity contribution < 1.29 is 28.6 Å². The van der Waals surface area contributed by atoms with Gasteiger partial charge in [-0.2, -0.15) is 0 Å². The molecule has 0 aliphatic heterocycles. The van der Waals surface area contributed by atoms with Gasteiger partial charge >= 0.3 is 17.9 Å². The number of carbonyl (C=O) groups excluding carboxylic acids is 3. The quantitative estimate of drug-likeness (QED) is 0.0261. The van der Waals surface area contributed by atoms with Gasteiger partial charge in [-0.25, -0.2) is 0 Å². The standard InChI is InChI=1S/C73H122O6/c1-4-7-10-13-16-19-22-24-26-28-29-30-31-32-33-34-35-36-37-38-39-40-41-42-43-45-46-48-51-54-57-60-63-66-72(75)78-69-70(68-77-71(74)65-62-59-56-53-50-21-18-15-12-9-6-3)79-73(76)67-64-61-58-55-52-49-47-44-27-25-23-20-17-14-11-8-5-2/h7,10,15-16,18-19,24,26,29-30,32-33,35-36,38-39,41-42,45-46,70H,4-6,8-9,11-14,17,20-23,25,27-28,31,34,37,40,43-44,47-69H2,1-3H3/b10-7-,18-15-,19-16-,26-24-,30-29-,33-32-,36-35-,39-38-,42-41-,46-45-. The Bertz CT molecular complexity index is 1640. The molecular weight excluding hydrogens is 973 g/mol. The second-order valence-corrected chi connectivity index (χ2v) is 21.6. The zero-order valence-electron chi connectivity index (χ0n) is 51.6. The van der Waals surface area contributed by atoms with Gasteiger partial charge in [0, 0.05) is 19.3 Å². The van der Waals surface area contributed by atoms with Crippen molar-refractivity contribution in [1.82, 2.24) is 0 Å². The topological polar surface area (TPSA) is 78.9 Å². The third-order valence-electron chi connectivity index (χ3n) is 14.0. The van der Waals surface area contributed by atoms with Gasteiger partial charge in [0.25, 0.3) is 0 Å². The second kappa shape index (κ2) is 66.3. The molecule has 0 heterocycles. The number of hydrogen-bond donors (Lipinski definition) is 0. The van der Waals surface area contributed by atoms with Crippen LogP contribution in [0.3, 0.4) is 0 Å². The van der Waals surface area contributed by atoms with Gasteiger partial charge in [-0.3, -0.25) is 14.4 Å². The van der Waals surface area contributed by atoms with Gasteiger partial charge in [-0.15, -0.1) is 0 Å². The molecule has 0 radical (unpaired) electrons. The molecule has 0 fully saturated rings. The summed E-state index contributed by atoms with van der Waals surface area (Å²) < 4.78 is 16.9. The van der Waals surface area contributed by atoms with E-state index in [0.717, 1.165) is 141 Å². The Hall–Kier alpha value is -4.19. The van der Waals surface area contributed by atoms with Crippen LogP contribution in [0, 0.1) is 0 Å². The van der Waals surface area contributed by atoms with Crippen molar-refractivity contribution in [2.75, 3.05) is 13.2 Å². The van der Waals surface area contributed by atoms with E-state index in [1.165, 1.54) is 122 Å². The number of ether oxygens (including phenoxy) is 3. The summed E-state index contributed by atoms with van der Waals surface area (Å²) in [6.45, 7) is 6.48. The molecule has 1 atom stereocenters. The monoisotopic (exact) mass is 1090 g/mol. The summed E-state index contributed by atoms with van der Waals surface area (Å²) in [5.74, 6) is -0.909. The number of allylic oxidation sites excluding steroid dienone is 20. The fourth-order valence-electron chi connectivity index (χ4n) is 9.01. The van der Waals surface area contributed by atoms with Crippen LogP contribution in [0.5, 0.6) is 0 Å². The van der Waals surface area contributed by atoms with Gasteiger partial charge < -0.3 is 14.2 Å². The van der Waals surface area contributed by atoms with Crippen molar-refractivity contribution >= 4 is 17.9 Å². The zero-order valence-corrected chi connectivity index (χ0v) is 51.6. The highest BCUT2D eigenvalue weighted by Gasteiger charge is 2.19. The number of carbonyl (C=O) groups is 3. The summed E-state index contributed by atoms with van der Waals surface area (Å²) in [5.41, 5.74) is 0. The van der Waals surface area contributed by atoms with E-state index >= 15 is 0 Å². The minimum absolute atomic E-state index is 0.0876. The Morgan fingerprint density at radius 3 is 0.823 bits per heavy atom. The van der Waals surface area contributed by atoms with Crippen molar-refractivity contribution in [2.24, 2.45) is 0 Å². The van der Waals surface area contributed by atoms with Crippen LogP contribution in [0.1, 0.15) is 303 Å². The van der Waals surface area contributed by atoms with Gasteiger partial charge in [0.2, 0.25) is 0 Å². The van der Waals surface area contributed by atoms with Crippen molar-refractivity contribution in [1.29, 1.82) is 0 Å². The van der Waals surface area contributed by atoms with Crippen molar-refractivity contribution in [2.45, 2.75) is 309 Å². The summed E-state index contributed by atoms with van der Waals surface area (Å²) in [6.07, 6.45) is 92.1. The van der Waals surface area contributed by atoms with Crippen LogP contribution in [-0.2, 0) is 28.6 Å². The van der Waals surface area contributed by atoms with Crippen molar-refractivity contribution in [3.63, 3.8) is 0 Å². The van der Waals surface area contributed by atoms with Crippen LogP contribution in [0.4, 0.5) is 0 Å². The maximum atomic E-state index is 12.9. The summed E-state index contributed by atoms with van der Waals surface area (Å²) >= 11 is 0. The van der Waals surface area contributed by atoms with Crippen molar-refractivity contribution in [3.05, 3.63) is 122 Å². The SMILES string of the molecule is CC/C=C\C/C=C\C/C=C\C/C=C\C/C=C\C/C=C\C/C=C\C/C=C\C/C=C\CCCCCCCC(=O)OCC(COC(=O)CCCCCCC/C=C\CCCC)OC(=O)CCCCCCCCCCCCCCCCCCC. The molecule has 0 aromatic rings. The van der Waals surface area contributed by atoms with Crippen LogP contribution in [0.15, 0.2) is 122 Å². The maximum Gasteiger partial charge on any atom is 0.306 e. The molecule has 450 valence electrons. The first-order valence-electron chi connectivity index (χ1n) is 33.0. The lowest BCUT2D eigenvalue weighted by atomic mass is 10.0. The molecule has 1 unspecified atom stereocenters. The predicted molar refractivity (Wildman–Crippen MR) is 343 cm³/mol. The fraction of sp³-hybridized carbons (Fsp3) is 0.685. The van der Waals surface area contributed by atoms with Gasteiger partial charge in [-0.05, 0) is 109 Å². The molecule has 0 amide bonds. The first kappa shape index (κ1) is 74.8. The van der Waals surface area contributed by atoms with E-state index in [-0.39, 0.29) is 31.1 Å². The third kappa shape index (κ3) is 64.5. The summed E-state index contributed by atoms with van der Waals surface area (Å²) in [6, 6.07) is 0. The predicted octanol–water partition coefficient (Wildman–Crippen LogP) is 22.8. The molecule has 0 aromatic carbocycles. The molecule has 6 nitrogen and oxygen atoms in total. The minimum atomic E-state index is -0.790. The fourth-order valence-corrected chi connectivity index (χ4v) is 9.01. The molecule has 0 spiro atoms. The molecular formula is C73H122O6. The molecule has 0 bridgehead atoms. The van der Waals surface area contributed by atoms with E-state index in [9.17, 15) is 14.4 Å². The largest absolute Gasteiger partial charge is 0.462 e. The lowest BCUT2D eigenvalue weighted by Gasteiger charge is -2.18. The number of unbranched alkanes of at least 4 members (excludes halogenated alkanes) is 28. The molecule has 0 aliphatic rings. The Kier molecular flexibility index (Phi) is 62.8. The number of hydrogen-bond acceptors (Lipinski definition) is 6. The van der Waals surface area contributed by atoms with E-state index in [2.05, 4.69) is 142 Å². The summed E-state index contributed by atoms with van der Waals surface area (Å²) in [7, 11) is 0. The Morgan fingerprint density at radius 1 is 0.266 bits per heavy atom. The average Bonchev–Trinajstić information content (AvgIpc) is 3.45. The lowest BCUT2D eigenvalue weighted by Crippen LogP contribution is -2.30. The Morgan fingerprint density at radius 2 is 0.506 bits per heavy atom. The molecule has 6 heteroatoms. The molecule has 0 aromatic heterocycles. The average molecular weight is 1100 g/mol. The van der Waals surface area contributed by atoms with Crippen molar-refractivity contribution in [3.8, 4) is 0 Å². The number of rotatable bonds is 59. The molecule has 0 rings (SSSR count). The normalized spacial score (nSPS) is 12.9. The van der Waals surface area contributed by atoms with Crippen LogP contribution in [-0.4, -0.2) is 37.2 Å². The van der Waals surface area contributed by atoms with Crippen LogP contribution in [0.25, 0.3) is 0 Å². The first-order chi connectivity index (χ1) is 39.0.